The summed E-state index contributed by atoms with van der Waals surface area (Å²) in [4.78, 5) is 2.34. The van der Waals surface area contributed by atoms with E-state index < -0.39 is 0 Å². The third-order valence-corrected chi connectivity index (χ3v) is 9.37. The van der Waals surface area contributed by atoms with Gasteiger partial charge in [-0.15, -0.1) is 0 Å². The standard InChI is InChI=1S/C39H28BNO2/c1-39(2)30-22-27(41(25-12-5-3-6-13-25)26-14-7-4-8-15-26)20-21-28(30)29-23-33-37(24-31(29)39)43-36-19-11-18-35-38(36)40(33)32-16-9-10-17-34(32)42-35/h3-24H,1-2H3. The first-order valence-corrected chi connectivity index (χ1v) is 14.9. The van der Waals surface area contributed by atoms with Crippen LogP contribution in [0.5, 0.6) is 23.0 Å². The number of fused-ring (bicyclic) bond motifs is 7. The van der Waals surface area contributed by atoms with E-state index in [9.17, 15) is 0 Å². The highest BCUT2D eigenvalue weighted by Gasteiger charge is 2.43. The Hall–Kier alpha value is -5.22. The van der Waals surface area contributed by atoms with Gasteiger partial charge in [0.1, 0.15) is 23.0 Å². The fourth-order valence-electron chi connectivity index (χ4n) is 7.33. The van der Waals surface area contributed by atoms with Gasteiger partial charge in [-0.25, -0.2) is 0 Å². The van der Waals surface area contributed by atoms with E-state index >= 15 is 0 Å². The molecule has 0 N–H and O–H groups in total. The Morgan fingerprint density at radius 1 is 0.488 bits per heavy atom. The van der Waals surface area contributed by atoms with Crippen LogP contribution in [0.1, 0.15) is 25.0 Å². The molecular weight excluding hydrogens is 525 g/mol. The Morgan fingerprint density at radius 3 is 1.81 bits per heavy atom. The van der Waals surface area contributed by atoms with E-state index in [-0.39, 0.29) is 12.1 Å². The van der Waals surface area contributed by atoms with Crippen LogP contribution in [0.4, 0.5) is 17.1 Å². The largest absolute Gasteiger partial charge is 0.458 e. The van der Waals surface area contributed by atoms with Crippen LogP contribution in [-0.2, 0) is 5.41 Å². The molecule has 2 heterocycles. The summed E-state index contributed by atoms with van der Waals surface area (Å²) >= 11 is 0. The summed E-state index contributed by atoms with van der Waals surface area (Å²) in [6.45, 7) is 4.73. The van der Waals surface area contributed by atoms with Gasteiger partial charge in [-0.3, -0.25) is 0 Å². The van der Waals surface area contributed by atoms with E-state index in [1.54, 1.807) is 0 Å². The van der Waals surface area contributed by atoms with Crippen molar-refractivity contribution < 1.29 is 9.47 Å². The Labute approximate surface area is 252 Å². The second-order valence-corrected chi connectivity index (χ2v) is 12.1. The first-order chi connectivity index (χ1) is 21.1. The van der Waals surface area contributed by atoms with Crippen molar-refractivity contribution in [1.82, 2.24) is 0 Å². The lowest BCUT2D eigenvalue weighted by molar-refractivity contribution is 0.463. The Bertz CT molecular complexity index is 2030. The molecule has 0 fully saturated rings. The van der Waals surface area contributed by atoms with Crippen LogP contribution in [0.3, 0.4) is 0 Å². The molecule has 6 aromatic carbocycles. The van der Waals surface area contributed by atoms with Gasteiger partial charge in [0.15, 0.2) is 0 Å². The van der Waals surface area contributed by atoms with Gasteiger partial charge in [-0.05, 0) is 93.8 Å². The van der Waals surface area contributed by atoms with Gasteiger partial charge in [-0.2, -0.15) is 0 Å². The molecule has 6 aromatic rings. The molecule has 0 amide bonds. The highest BCUT2D eigenvalue weighted by Crippen LogP contribution is 2.52. The van der Waals surface area contributed by atoms with Gasteiger partial charge in [-0.1, -0.05) is 86.6 Å². The average molecular weight is 553 g/mol. The van der Waals surface area contributed by atoms with E-state index in [0.29, 0.717) is 0 Å². The van der Waals surface area contributed by atoms with E-state index in [1.807, 2.05) is 12.1 Å². The lowest BCUT2D eigenvalue weighted by atomic mass is 9.34. The van der Waals surface area contributed by atoms with Crippen molar-refractivity contribution >= 4 is 40.2 Å². The zero-order chi connectivity index (χ0) is 28.7. The van der Waals surface area contributed by atoms with Crippen molar-refractivity contribution in [1.29, 1.82) is 0 Å². The summed E-state index contributed by atoms with van der Waals surface area (Å²) in [5.41, 5.74) is 11.9. The number of rotatable bonds is 3. The average Bonchev–Trinajstić information content (AvgIpc) is 3.26. The van der Waals surface area contributed by atoms with E-state index in [2.05, 4.69) is 140 Å². The molecule has 1 aliphatic carbocycles. The second-order valence-electron chi connectivity index (χ2n) is 12.1. The monoisotopic (exact) mass is 553 g/mol. The van der Waals surface area contributed by atoms with Gasteiger partial charge in [0, 0.05) is 27.9 Å². The Morgan fingerprint density at radius 2 is 1.09 bits per heavy atom. The van der Waals surface area contributed by atoms with Crippen molar-refractivity contribution in [2.24, 2.45) is 0 Å². The predicted octanol–water partition coefficient (Wildman–Crippen LogP) is 8.19. The lowest BCUT2D eigenvalue weighted by Crippen LogP contribution is -2.57. The van der Waals surface area contributed by atoms with E-state index in [0.717, 1.165) is 45.5 Å². The first-order valence-electron chi connectivity index (χ1n) is 14.9. The van der Waals surface area contributed by atoms with Crippen molar-refractivity contribution in [3.63, 3.8) is 0 Å². The smallest absolute Gasteiger partial charge is 0.260 e. The quantitative estimate of drug-likeness (QED) is 0.206. The van der Waals surface area contributed by atoms with E-state index in [1.165, 1.54) is 33.2 Å². The number of ether oxygens (including phenoxy) is 2. The van der Waals surface area contributed by atoms with Gasteiger partial charge in [0.25, 0.3) is 6.71 Å². The Kier molecular flexibility index (Phi) is 5.04. The lowest BCUT2D eigenvalue weighted by Gasteiger charge is -2.33. The third kappa shape index (κ3) is 3.50. The van der Waals surface area contributed by atoms with Crippen LogP contribution >= 0.6 is 0 Å². The van der Waals surface area contributed by atoms with Crippen molar-refractivity contribution in [3.05, 3.63) is 145 Å². The van der Waals surface area contributed by atoms with Crippen molar-refractivity contribution in [2.45, 2.75) is 19.3 Å². The van der Waals surface area contributed by atoms with Crippen molar-refractivity contribution in [2.75, 3.05) is 4.90 Å². The highest BCUT2D eigenvalue weighted by molar-refractivity contribution is 6.98. The van der Waals surface area contributed by atoms with Crippen LogP contribution in [-0.4, -0.2) is 6.71 Å². The molecule has 0 radical (unpaired) electrons. The molecular formula is C39H28BNO2. The molecule has 43 heavy (non-hydrogen) atoms. The molecule has 0 saturated heterocycles. The van der Waals surface area contributed by atoms with Crippen LogP contribution in [0.2, 0.25) is 0 Å². The van der Waals surface area contributed by atoms with E-state index in [4.69, 9.17) is 9.47 Å². The number of nitrogens with zero attached hydrogens (tertiary/aromatic N) is 1. The van der Waals surface area contributed by atoms with Crippen LogP contribution in [0.15, 0.2) is 133 Å². The van der Waals surface area contributed by atoms with Crippen LogP contribution < -0.4 is 30.8 Å². The maximum Gasteiger partial charge on any atom is 0.260 e. The molecule has 4 heteroatoms. The van der Waals surface area contributed by atoms with Gasteiger partial charge < -0.3 is 14.4 Å². The molecule has 0 saturated carbocycles. The summed E-state index contributed by atoms with van der Waals surface area (Å²) in [7, 11) is 0. The zero-order valence-corrected chi connectivity index (χ0v) is 24.0. The topological polar surface area (TPSA) is 21.7 Å². The molecule has 9 rings (SSSR count). The normalized spacial score (nSPS) is 14.3. The predicted molar refractivity (Wildman–Crippen MR) is 176 cm³/mol. The molecule has 2 aliphatic heterocycles. The minimum Gasteiger partial charge on any atom is -0.458 e. The Balaban J connectivity index is 1.22. The number of hydrogen-bond donors (Lipinski definition) is 0. The fourth-order valence-corrected chi connectivity index (χ4v) is 7.33. The highest BCUT2D eigenvalue weighted by atomic mass is 16.5. The molecule has 0 unspecified atom stereocenters. The summed E-state index contributed by atoms with van der Waals surface area (Å²) in [5, 5.41) is 0. The third-order valence-electron chi connectivity index (χ3n) is 9.37. The molecule has 0 spiro atoms. The van der Waals surface area contributed by atoms with Gasteiger partial charge in [0.05, 0.1) is 0 Å². The molecule has 0 atom stereocenters. The maximum atomic E-state index is 6.65. The van der Waals surface area contributed by atoms with Crippen LogP contribution in [0.25, 0.3) is 11.1 Å². The van der Waals surface area contributed by atoms with Crippen LogP contribution in [0, 0.1) is 0 Å². The minimum absolute atomic E-state index is 0.0586. The fraction of sp³-hybridized carbons (Fsp3) is 0.0769. The minimum atomic E-state index is -0.201. The maximum absolute atomic E-state index is 6.65. The molecule has 0 bridgehead atoms. The molecule has 3 nitrogen and oxygen atoms in total. The van der Waals surface area contributed by atoms with Gasteiger partial charge >= 0.3 is 0 Å². The number of benzene rings is 6. The number of para-hydroxylation sites is 3. The van der Waals surface area contributed by atoms with Crippen molar-refractivity contribution in [3.8, 4) is 34.1 Å². The number of hydrogen-bond acceptors (Lipinski definition) is 3. The molecule has 204 valence electrons. The zero-order valence-electron chi connectivity index (χ0n) is 24.0. The summed E-state index contributed by atoms with van der Waals surface area (Å²) in [6, 6.07) is 47.4. The summed E-state index contributed by atoms with van der Waals surface area (Å²) < 4.78 is 13.0. The second kappa shape index (κ2) is 8.89. The number of anilines is 3. The first kappa shape index (κ1) is 24.4. The summed E-state index contributed by atoms with van der Waals surface area (Å²) in [6.07, 6.45) is 0. The summed E-state index contributed by atoms with van der Waals surface area (Å²) in [5.74, 6) is 3.60. The molecule has 3 aliphatic rings. The van der Waals surface area contributed by atoms with Gasteiger partial charge in [0.2, 0.25) is 0 Å². The SMILES string of the molecule is CC1(C)c2cc(N(c3ccccc3)c3ccccc3)ccc2-c2cc3c(cc21)Oc1cccc2c1B3c1ccccc1O2. The molecule has 0 aromatic heterocycles.